The van der Waals surface area contributed by atoms with Crippen LogP contribution in [0.15, 0.2) is 0 Å². The van der Waals surface area contributed by atoms with Crippen LogP contribution in [0, 0.1) is 0 Å². The molecule has 1 saturated heterocycles. The molecule has 0 aromatic carbocycles. The van der Waals surface area contributed by atoms with Crippen LogP contribution in [-0.2, 0) is 4.74 Å². The minimum Gasteiger partial charge on any atom is -0.383 e. The number of methoxy groups -OCH3 is 1. The second kappa shape index (κ2) is 3.97. The Morgan fingerprint density at radius 3 is 2.91 bits per heavy atom. The summed E-state index contributed by atoms with van der Waals surface area (Å²) in [6.07, 6.45) is 1.69. The van der Waals surface area contributed by atoms with Crippen LogP contribution in [0.4, 0.5) is 8.78 Å². The van der Waals surface area contributed by atoms with Gasteiger partial charge >= 0.3 is 0 Å². The van der Waals surface area contributed by atoms with Crippen molar-refractivity contribution in [2.75, 3.05) is 20.3 Å². The van der Waals surface area contributed by atoms with E-state index in [9.17, 15) is 8.78 Å². The molecule has 1 heterocycles. The lowest BCUT2D eigenvalue weighted by atomic mass is 10.2. The van der Waals surface area contributed by atoms with Crippen molar-refractivity contribution in [3.8, 4) is 0 Å². The average Bonchev–Trinajstić information content (AvgIpc) is 2.36. The van der Waals surface area contributed by atoms with E-state index in [1.807, 2.05) is 0 Å². The van der Waals surface area contributed by atoms with Crippen molar-refractivity contribution in [2.45, 2.75) is 25.4 Å². The first-order valence-corrected chi connectivity index (χ1v) is 3.78. The van der Waals surface area contributed by atoms with Gasteiger partial charge in [0.15, 0.2) is 0 Å². The Bertz CT molecular complexity index is 121. The molecule has 1 aliphatic heterocycles. The molecule has 4 heteroatoms. The first-order valence-electron chi connectivity index (χ1n) is 3.78. The van der Waals surface area contributed by atoms with Crippen LogP contribution in [0.2, 0.25) is 0 Å². The van der Waals surface area contributed by atoms with Crippen LogP contribution < -0.4 is 0 Å². The van der Waals surface area contributed by atoms with Crippen LogP contribution in [0.25, 0.3) is 0 Å². The van der Waals surface area contributed by atoms with Crippen molar-refractivity contribution in [1.82, 2.24) is 4.90 Å². The number of ether oxygens (including phenoxy) is 1. The SMILES string of the molecule is COC[C@H]1CCCN1C(F)F. The summed E-state index contributed by atoms with van der Waals surface area (Å²) in [6, 6.07) is -0.0694. The highest BCUT2D eigenvalue weighted by atomic mass is 19.3. The second-order valence-corrected chi connectivity index (χ2v) is 2.77. The van der Waals surface area contributed by atoms with E-state index >= 15 is 0 Å². The lowest BCUT2D eigenvalue weighted by Crippen LogP contribution is -2.36. The first-order chi connectivity index (χ1) is 5.25. The van der Waals surface area contributed by atoms with Gasteiger partial charge in [-0.1, -0.05) is 0 Å². The Hall–Kier alpha value is -0.220. The molecule has 1 rings (SSSR count). The Morgan fingerprint density at radius 2 is 2.36 bits per heavy atom. The molecule has 0 N–H and O–H groups in total. The van der Waals surface area contributed by atoms with Gasteiger partial charge in [-0.25, -0.2) is 4.90 Å². The topological polar surface area (TPSA) is 12.5 Å². The van der Waals surface area contributed by atoms with Crippen LogP contribution in [0.5, 0.6) is 0 Å². The van der Waals surface area contributed by atoms with Crippen molar-refractivity contribution in [1.29, 1.82) is 0 Å². The maximum absolute atomic E-state index is 12.2. The van der Waals surface area contributed by atoms with Crippen molar-refractivity contribution in [2.24, 2.45) is 0 Å². The second-order valence-electron chi connectivity index (χ2n) is 2.77. The van der Waals surface area contributed by atoms with Gasteiger partial charge < -0.3 is 4.74 Å². The fourth-order valence-electron chi connectivity index (χ4n) is 1.49. The normalized spacial score (nSPS) is 26.7. The summed E-state index contributed by atoms with van der Waals surface area (Å²) in [7, 11) is 1.54. The predicted molar refractivity (Wildman–Crippen MR) is 37.6 cm³/mol. The molecular weight excluding hydrogens is 152 g/mol. The Kier molecular flexibility index (Phi) is 3.20. The fourth-order valence-corrected chi connectivity index (χ4v) is 1.49. The minimum atomic E-state index is -2.32. The zero-order chi connectivity index (χ0) is 8.27. The van der Waals surface area contributed by atoms with Crippen LogP contribution >= 0.6 is 0 Å². The summed E-state index contributed by atoms with van der Waals surface area (Å²) in [5, 5.41) is 0. The third-order valence-corrected chi connectivity index (χ3v) is 2.03. The molecule has 0 aliphatic carbocycles. The Labute approximate surface area is 65.1 Å². The maximum atomic E-state index is 12.2. The highest BCUT2D eigenvalue weighted by molar-refractivity contribution is 4.77. The molecule has 66 valence electrons. The highest BCUT2D eigenvalue weighted by Crippen LogP contribution is 2.21. The van der Waals surface area contributed by atoms with Gasteiger partial charge in [-0.3, -0.25) is 0 Å². The minimum absolute atomic E-state index is 0.0694. The number of hydrogen-bond acceptors (Lipinski definition) is 2. The molecule has 1 atom stereocenters. The molecule has 0 aromatic rings. The molecule has 1 fully saturated rings. The van der Waals surface area contributed by atoms with Gasteiger partial charge in [-0.15, -0.1) is 0 Å². The van der Waals surface area contributed by atoms with Gasteiger partial charge in [0.1, 0.15) is 0 Å². The van der Waals surface area contributed by atoms with Crippen LogP contribution in [0.1, 0.15) is 12.8 Å². The molecule has 0 spiro atoms. The lowest BCUT2D eigenvalue weighted by Gasteiger charge is -2.22. The molecule has 0 amide bonds. The average molecular weight is 165 g/mol. The van der Waals surface area contributed by atoms with Crippen molar-refractivity contribution < 1.29 is 13.5 Å². The summed E-state index contributed by atoms with van der Waals surface area (Å²) >= 11 is 0. The highest BCUT2D eigenvalue weighted by Gasteiger charge is 2.30. The Balaban J connectivity index is 2.37. The molecular formula is C7H13F2NO. The van der Waals surface area contributed by atoms with Gasteiger partial charge in [0, 0.05) is 19.7 Å². The third kappa shape index (κ3) is 2.10. The van der Waals surface area contributed by atoms with E-state index in [4.69, 9.17) is 4.74 Å². The van der Waals surface area contributed by atoms with Gasteiger partial charge in [-0.2, -0.15) is 8.78 Å². The van der Waals surface area contributed by atoms with Gasteiger partial charge in [0.25, 0.3) is 6.55 Å². The number of nitrogens with zero attached hydrogens (tertiary/aromatic N) is 1. The smallest absolute Gasteiger partial charge is 0.295 e. The quantitative estimate of drug-likeness (QED) is 0.585. The fraction of sp³-hybridized carbons (Fsp3) is 1.00. The molecule has 0 radical (unpaired) electrons. The van der Waals surface area contributed by atoms with Crippen LogP contribution in [-0.4, -0.2) is 37.8 Å². The van der Waals surface area contributed by atoms with Crippen molar-refractivity contribution >= 4 is 0 Å². The third-order valence-electron chi connectivity index (χ3n) is 2.03. The van der Waals surface area contributed by atoms with Crippen molar-refractivity contribution in [3.63, 3.8) is 0 Å². The monoisotopic (exact) mass is 165 g/mol. The lowest BCUT2D eigenvalue weighted by molar-refractivity contribution is -0.0498. The molecule has 2 nitrogen and oxygen atoms in total. The van der Waals surface area contributed by atoms with E-state index in [-0.39, 0.29) is 6.04 Å². The molecule has 1 aliphatic rings. The van der Waals surface area contributed by atoms with Gasteiger partial charge in [-0.05, 0) is 12.8 Å². The number of halogens is 2. The number of likely N-dealkylation sites (tertiary alicyclic amines) is 1. The predicted octanol–water partition coefficient (Wildman–Crippen LogP) is 1.32. The van der Waals surface area contributed by atoms with Crippen LogP contribution in [0.3, 0.4) is 0 Å². The largest absolute Gasteiger partial charge is 0.383 e. The molecule has 0 unspecified atom stereocenters. The van der Waals surface area contributed by atoms with Gasteiger partial charge in [0.2, 0.25) is 0 Å². The number of hydrogen-bond donors (Lipinski definition) is 0. The Morgan fingerprint density at radius 1 is 1.64 bits per heavy atom. The molecule has 0 aromatic heterocycles. The summed E-state index contributed by atoms with van der Waals surface area (Å²) in [6.45, 7) is -1.40. The van der Waals surface area contributed by atoms with E-state index in [1.165, 1.54) is 4.90 Å². The summed E-state index contributed by atoms with van der Waals surface area (Å²) in [5.41, 5.74) is 0. The molecule has 0 bridgehead atoms. The zero-order valence-corrected chi connectivity index (χ0v) is 6.59. The molecule has 11 heavy (non-hydrogen) atoms. The van der Waals surface area contributed by atoms with Crippen molar-refractivity contribution in [3.05, 3.63) is 0 Å². The number of alkyl halides is 2. The zero-order valence-electron chi connectivity index (χ0n) is 6.59. The summed E-state index contributed by atoms with van der Waals surface area (Å²) in [5.74, 6) is 0. The van der Waals surface area contributed by atoms with E-state index in [1.54, 1.807) is 7.11 Å². The number of rotatable bonds is 3. The maximum Gasteiger partial charge on any atom is 0.295 e. The summed E-state index contributed by atoms with van der Waals surface area (Å²) < 4.78 is 29.2. The van der Waals surface area contributed by atoms with E-state index < -0.39 is 6.55 Å². The first kappa shape index (κ1) is 8.87. The van der Waals surface area contributed by atoms with E-state index in [0.29, 0.717) is 13.2 Å². The molecule has 0 saturated carbocycles. The van der Waals surface area contributed by atoms with Gasteiger partial charge in [0.05, 0.1) is 6.61 Å². The summed E-state index contributed by atoms with van der Waals surface area (Å²) in [4.78, 5) is 1.20. The van der Waals surface area contributed by atoms with E-state index in [2.05, 4.69) is 0 Å². The standard InChI is InChI=1S/C7H13F2NO/c1-11-5-6-3-2-4-10(6)7(8)9/h6-7H,2-5H2,1H3/t6-/m1/s1. The van der Waals surface area contributed by atoms with E-state index in [0.717, 1.165) is 12.8 Å².